The van der Waals surface area contributed by atoms with Crippen LogP contribution in [0.25, 0.3) is 10.9 Å². The zero-order chi connectivity index (χ0) is 25.7. The van der Waals surface area contributed by atoms with Crippen LogP contribution in [0, 0.1) is 5.82 Å². The Kier molecular flexibility index (Phi) is 7.24. The van der Waals surface area contributed by atoms with Gasteiger partial charge in [0.1, 0.15) is 11.1 Å². The lowest BCUT2D eigenvalue weighted by Gasteiger charge is -2.11. The van der Waals surface area contributed by atoms with Crippen LogP contribution in [-0.4, -0.2) is 40.7 Å². The quantitative estimate of drug-likeness (QED) is 0.328. The normalized spacial score (nSPS) is 10.7. The lowest BCUT2D eigenvalue weighted by molar-refractivity contribution is 0.0696. The number of benzene rings is 3. The fourth-order valence-corrected chi connectivity index (χ4v) is 3.56. The molecule has 1 amide bonds. The molecule has 0 aliphatic carbocycles. The van der Waals surface area contributed by atoms with E-state index in [1.54, 1.807) is 37.4 Å². The van der Waals surface area contributed by atoms with E-state index in [0.29, 0.717) is 12.2 Å². The molecule has 1 heterocycles. The van der Waals surface area contributed by atoms with Crippen LogP contribution in [0.1, 0.15) is 32.1 Å². The zero-order valence-electron chi connectivity index (χ0n) is 19.2. The van der Waals surface area contributed by atoms with Gasteiger partial charge in [0, 0.05) is 13.0 Å². The molecule has 0 radical (unpaired) electrons. The fraction of sp³-hybridized carbons (Fsp3) is 0.154. The number of carboxylic acids is 1. The summed E-state index contributed by atoms with van der Waals surface area (Å²) < 4.78 is 25.3. The van der Waals surface area contributed by atoms with E-state index in [4.69, 9.17) is 14.6 Å². The van der Waals surface area contributed by atoms with Crippen molar-refractivity contribution in [2.24, 2.45) is 0 Å². The van der Waals surface area contributed by atoms with Crippen LogP contribution in [0.4, 0.5) is 4.39 Å². The highest BCUT2D eigenvalue weighted by molar-refractivity contribution is 5.93. The van der Waals surface area contributed by atoms with E-state index in [1.807, 2.05) is 6.07 Å². The maximum atomic E-state index is 14.5. The van der Waals surface area contributed by atoms with Crippen LogP contribution in [-0.2, 0) is 13.0 Å². The zero-order valence-corrected chi connectivity index (χ0v) is 19.2. The Labute approximate surface area is 204 Å². The van der Waals surface area contributed by atoms with Crippen LogP contribution < -0.4 is 20.3 Å². The Morgan fingerprint density at radius 3 is 2.58 bits per heavy atom. The maximum absolute atomic E-state index is 14.5. The summed E-state index contributed by atoms with van der Waals surface area (Å²) >= 11 is 0. The highest BCUT2D eigenvalue weighted by Crippen LogP contribution is 2.25. The average Bonchev–Trinajstić information content (AvgIpc) is 2.88. The molecule has 3 aromatic carbocycles. The first-order valence-corrected chi connectivity index (χ1v) is 10.9. The summed E-state index contributed by atoms with van der Waals surface area (Å²) in [5, 5.41) is 11.5. The number of hydrogen-bond acceptors (Lipinski definition) is 6. The van der Waals surface area contributed by atoms with Crippen molar-refractivity contribution in [3.8, 4) is 11.5 Å². The second kappa shape index (κ2) is 10.7. The Morgan fingerprint density at radius 1 is 1.08 bits per heavy atom. The highest BCUT2D eigenvalue weighted by atomic mass is 19.1. The van der Waals surface area contributed by atoms with Gasteiger partial charge in [0.25, 0.3) is 11.5 Å². The molecule has 9 nitrogen and oxygen atoms in total. The molecular formula is C26H22FN3O6. The van der Waals surface area contributed by atoms with Crippen molar-refractivity contribution in [1.29, 1.82) is 0 Å². The summed E-state index contributed by atoms with van der Waals surface area (Å²) in [6.45, 7) is 0.216. The van der Waals surface area contributed by atoms with Gasteiger partial charge in [-0.25, -0.2) is 14.2 Å². The second-order valence-corrected chi connectivity index (χ2v) is 7.82. The molecule has 3 N–H and O–H groups in total. The van der Waals surface area contributed by atoms with Gasteiger partial charge in [-0.1, -0.05) is 24.3 Å². The van der Waals surface area contributed by atoms with E-state index in [2.05, 4.69) is 15.3 Å². The lowest BCUT2D eigenvalue weighted by Crippen LogP contribution is -2.27. The Morgan fingerprint density at radius 2 is 1.86 bits per heavy atom. The SMILES string of the molecule is [11CH3]Oc1cccc(CNC(=O)c2nc3ccc(F)c(OCCc4ccc(C(=O)O)cc4)c3c(=O)[nH]2)c1. The molecule has 184 valence electrons. The molecule has 0 spiro atoms. The van der Waals surface area contributed by atoms with Crippen LogP contribution >= 0.6 is 0 Å². The predicted molar refractivity (Wildman–Crippen MR) is 129 cm³/mol. The van der Waals surface area contributed by atoms with Crippen molar-refractivity contribution in [3.63, 3.8) is 0 Å². The lowest BCUT2D eigenvalue weighted by atomic mass is 10.1. The summed E-state index contributed by atoms with van der Waals surface area (Å²) in [5.41, 5.74) is 1.11. The molecule has 0 fully saturated rings. The monoisotopic (exact) mass is 490 g/mol. The fourth-order valence-electron chi connectivity index (χ4n) is 3.56. The number of halogens is 1. The van der Waals surface area contributed by atoms with Gasteiger partial charge in [-0.15, -0.1) is 0 Å². The van der Waals surface area contributed by atoms with E-state index in [-0.39, 0.29) is 41.2 Å². The molecule has 4 rings (SSSR count). The molecule has 10 heteroatoms. The van der Waals surface area contributed by atoms with E-state index in [1.165, 1.54) is 18.2 Å². The third kappa shape index (κ3) is 5.49. The highest BCUT2D eigenvalue weighted by Gasteiger charge is 2.18. The first-order valence-electron chi connectivity index (χ1n) is 10.9. The number of fused-ring (bicyclic) bond motifs is 1. The number of hydrogen-bond donors (Lipinski definition) is 3. The number of carboxylic acid groups (broad SMARTS) is 1. The number of ether oxygens (including phenoxy) is 2. The Hall–Kier alpha value is -4.73. The summed E-state index contributed by atoms with van der Waals surface area (Å²) in [7, 11) is 1.54. The summed E-state index contributed by atoms with van der Waals surface area (Å²) in [6.07, 6.45) is 0.353. The second-order valence-electron chi connectivity index (χ2n) is 7.82. The van der Waals surface area contributed by atoms with Crippen LogP contribution in [0.3, 0.4) is 0 Å². The maximum Gasteiger partial charge on any atom is 0.335 e. The minimum atomic E-state index is -1.03. The van der Waals surface area contributed by atoms with Crippen LogP contribution in [0.2, 0.25) is 0 Å². The van der Waals surface area contributed by atoms with Crippen molar-refractivity contribution in [1.82, 2.24) is 15.3 Å². The number of amides is 1. The standard InChI is InChI=1S/C26H22FN3O6/c1-35-18-4-2-3-16(13-18)14-28-25(32)23-29-20-10-9-19(27)22(21(20)24(31)30-23)36-12-11-15-5-7-17(8-6-15)26(33)34/h2-10,13H,11-12,14H2,1H3,(H,28,32)(H,33,34)(H,29,30,31)/i1-1. The van der Waals surface area contributed by atoms with Crippen molar-refractivity contribution >= 4 is 22.8 Å². The summed E-state index contributed by atoms with van der Waals surface area (Å²) in [6, 6.07) is 15.8. The Balaban J connectivity index is 1.49. The Bertz CT molecular complexity index is 1480. The number of carbonyl (C=O) groups is 2. The van der Waals surface area contributed by atoms with Gasteiger partial charge in [-0.05, 0) is 47.5 Å². The molecule has 0 bridgehead atoms. The molecule has 1 aromatic heterocycles. The number of carbonyl (C=O) groups excluding carboxylic acids is 1. The number of nitrogens with one attached hydrogen (secondary N) is 2. The topological polar surface area (TPSA) is 131 Å². The summed E-state index contributed by atoms with van der Waals surface area (Å²) in [4.78, 5) is 42.9. The van der Waals surface area contributed by atoms with Gasteiger partial charge < -0.3 is 24.9 Å². The third-order valence-electron chi connectivity index (χ3n) is 5.42. The smallest absolute Gasteiger partial charge is 0.335 e. The number of nitrogens with zero attached hydrogens (tertiary/aromatic N) is 1. The first-order chi connectivity index (χ1) is 17.4. The van der Waals surface area contributed by atoms with Gasteiger partial charge in [0.2, 0.25) is 0 Å². The number of H-pyrrole nitrogens is 1. The first kappa shape index (κ1) is 24.4. The molecule has 0 aliphatic rings. The largest absolute Gasteiger partial charge is 0.497 e. The minimum absolute atomic E-state index is 0.0324. The van der Waals surface area contributed by atoms with Gasteiger partial charge in [0.15, 0.2) is 17.4 Å². The van der Waals surface area contributed by atoms with Gasteiger partial charge in [-0.2, -0.15) is 0 Å². The molecule has 0 aliphatic heterocycles. The number of aromatic amines is 1. The molecule has 0 saturated carbocycles. The minimum Gasteiger partial charge on any atom is -0.497 e. The van der Waals surface area contributed by atoms with Gasteiger partial charge in [-0.3, -0.25) is 9.59 Å². The number of aromatic nitrogens is 2. The average molecular weight is 490 g/mol. The number of rotatable bonds is 9. The van der Waals surface area contributed by atoms with E-state index < -0.39 is 23.3 Å². The number of methoxy groups -OCH3 is 1. The predicted octanol–water partition coefficient (Wildman–Crippen LogP) is 3.32. The van der Waals surface area contributed by atoms with Crippen LogP contribution in [0.15, 0.2) is 65.5 Å². The number of aromatic carboxylic acids is 1. The molecule has 0 saturated heterocycles. The van der Waals surface area contributed by atoms with Crippen molar-refractivity contribution in [2.75, 3.05) is 13.7 Å². The van der Waals surface area contributed by atoms with Crippen LogP contribution in [0.5, 0.6) is 11.5 Å². The van der Waals surface area contributed by atoms with Crippen molar-refractivity contribution in [2.45, 2.75) is 13.0 Å². The van der Waals surface area contributed by atoms with E-state index in [0.717, 1.165) is 17.2 Å². The molecule has 0 atom stereocenters. The third-order valence-corrected chi connectivity index (χ3v) is 5.42. The summed E-state index contributed by atoms with van der Waals surface area (Å²) in [5.74, 6) is -2.22. The molecule has 36 heavy (non-hydrogen) atoms. The van der Waals surface area contributed by atoms with E-state index in [9.17, 15) is 18.8 Å². The van der Waals surface area contributed by atoms with Gasteiger partial charge in [0.05, 0.1) is 24.8 Å². The van der Waals surface area contributed by atoms with Crippen molar-refractivity contribution < 1.29 is 28.6 Å². The van der Waals surface area contributed by atoms with Gasteiger partial charge >= 0.3 is 5.97 Å². The van der Waals surface area contributed by atoms with E-state index >= 15 is 0 Å². The molecule has 4 aromatic rings. The molecule has 0 unspecified atom stereocenters. The molecular weight excluding hydrogens is 468 g/mol. The van der Waals surface area contributed by atoms with Crippen molar-refractivity contribution in [3.05, 3.63) is 99.3 Å².